The summed E-state index contributed by atoms with van der Waals surface area (Å²) in [6.45, 7) is 2.19. The van der Waals surface area contributed by atoms with Gasteiger partial charge in [-0.05, 0) is 43.0 Å². The van der Waals surface area contributed by atoms with E-state index in [1.54, 1.807) is 0 Å². The van der Waals surface area contributed by atoms with Crippen LogP contribution in [0.4, 0.5) is 0 Å². The van der Waals surface area contributed by atoms with E-state index in [2.05, 4.69) is 30.1 Å². The molecule has 1 aliphatic rings. The number of benzene rings is 1. The lowest BCUT2D eigenvalue weighted by molar-refractivity contribution is -0.137. The Labute approximate surface area is 134 Å². The highest BCUT2D eigenvalue weighted by molar-refractivity contribution is 5.66. The number of fused-ring (bicyclic) bond motifs is 1. The van der Waals surface area contributed by atoms with Crippen LogP contribution >= 0.6 is 0 Å². The van der Waals surface area contributed by atoms with Crippen LogP contribution in [0.1, 0.15) is 68.1 Å². The minimum absolute atomic E-state index is 0.327. The molecule has 0 amide bonds. The number of carbonyl (C=O) groups is 1. The fourth-order valence-corrected chi connectivity index (χ4v) is 3.26. The van der Waals surface area contributed by atoms with E-state index in [9.17, 15) is 4.79 Å². The van der Waals surface area contributed by atoms with Crippen LogP contribution in [-0.2, 0) is 24.3 Å². The topological polar surface area (TPSA) is 40.5 Å². The van der Waals surface area contributed by atoms with Crippen LogP contribution in [0.25, 0.3) is 0 Å². The minimum Gasteiger partial charge on any atom is -0.481 e. The molecule has 0 atom stereocenters. The van der Waals surface area contributed by atoms with Gasteiger partial charge in [0.15, 0.2) is 0 Å². The number of carboxylic acid groups (broad SMARTS) is 1. The predicted molar refractivity (Wildman–Crippen MR) is 89.9 cm³/mol. The zero-order valence-corrected chi connectivity index (χ0v) is 13.8. The van der Waals surface area contributed by atoms with Crippen molar-refractivity contribution in [2.75, 3.05) is 7.05 Å². The number of hydrogen-bond acceptors (Lipinski definition) is 2. The zero-order chi connectivity index (χ0) is 15.8. The summed E-state index contributed by atoms with van der Waals surface area (Å²) in [5.41, 5.74) is 4.49. The molecular formula is C19H29NO2. The van der Waals surface area contributed by atoms with Gasteiger partial charge in [0.05, 0.1) is 0 Å². The lowest BCUT2D eigenvalue weighted by atomic mass is 10.0. The molecule has 0 saturated heterocycles. The summed E-state index contributed by atoms with van der Waals surface area (Å²) in [5, 5.41) is 8.56. The van der Waals surface area contributed by atoms with Gasteiger partial charge < -0.3 is 5.11 Å². The predicted octanol–water partition coefficient (Wildman–Crippen LogP) is 4.38. The molecule has 22 heavy (non-hydrogen) atoms. The fraction of sp³-hybridized carbons (Fsp3) is 0.632. The fourth-order valence-electron chi connectivity index (χ4n) is 3.26. The van der Waals surface area contributed by atoms with Gasteiger partial charge in [0, 0.05) is 19.5 Å². The number of nitrogens with zero attached hydrogens (tertiary/aromatic N) is 1. The maximum Gasteiger partial charge on any atom is 0.303 e. The van der Waals surface area contributed by atoms with Crippen molar-refractivity contribution in [1.82, 2.24) is 4.90 Å². The molecule has 0 radical (unpaired) electrons. The summed E-state index contributed by atoms with van der Waals surface area (Å²) < 4.78 is 0. The molecule has 3 heteroatoms. The Hall–Kier alpha value is -1.35. The number of hydrogen-bond donors (Lipinski definition) is 1. The van der Waals surface area contributed by atoms with Crippen molar-refractivity contribution in [3.63, 3.8) is 0 Å². The zero-order valence-electron chi connectivity index (χ0n) is 13.8. The summed E-state index contributed by atoms with van der Waals surface area (Å²) in [4.78, 5) is 12.8. The molecule has 0 bridgehead atoms. The quantitative estimate of drug-likeness (QED) is 0.652. The van der Waals surface area contributed by atoms with E-state index in [1.807, 2.05) is 0 Å². The summed E-state index contributed by atoms with van der Waals surface area (Å²) in [7, 11) is 2.18. The lowest BCUT2D eigenvalue weighted by Crippen LogP contribution is -2.07. The molecule has 0 saturated carbocycles. The maximum atomic E-state index is 10.4. The lowest BCUT2D eigenvalue weighted by Gasteiger charge is -2.05. The monoisotopic (exact) mass is 303 g/mol. The Morgan fingerprint density at radius 1 is 1.00 bits per heavy atom. The summed E-state index contributed by atoms with van der Waals surface area (Å²) in [6, 6.07) is 6.99. The van der Waals surface area contributed by atoms with Gasteiger partial charge in [0.25, 0.3) is 0 Å². The van der Waals surface area contributed by atoms with E-state index in [-0.39, 0.29) is 0 Å². The van der Waals surface area contributed by atoms with Crippen LogP contribution in [0, 0.1) is 0 Å². The standard InChI is InChI=1S/C19H29NO2/c1-20-14-17-12-11-16(13-18(17)15-20)9-7-5-3-2-4-6-8-10-19(21)22/h11-13H,2-10,14-15H2,1H3,(H,21,22). The van der Waals surface area contributed by atoms with Crippen molar-refractivity contribution in [2.24, 2.45) is 0 Å². The van der Waals surface area contributed by atoms with Gasteiger partial charge in [-0.1, -0.05) is 50.3 Å². The average molecular weight is 303 g/mol. The van der Waals surface area contributed by atoms with Gasteiger partial charge in [-0.2, -0.15) is 0 Å². The number of carboxylic acids is 1. The summed E-state index contributed by atoms with van der Waals surface area (Å²) in [5.74, 6) is -0.666. The normalized spacial score (nSPS) is 14.2. The Kier molecular flexibility index (Phi) is 6.91. The molecule has 2 rings (SSSR count). The van der Waals surface area contributed by atoms with Gasteiger partial charge in [-0.25, -0.2) is 0 Å². The van der Waals surface area contributed by atoms with Crippen LogP contribution in [0.2, 0.25) is 0 Å². The van der Waals surface area contributed by atoms with E-state index in [1.165, 1.54) is 55.2 Å². The highest BCUT2D eigenvalue weighted by atomic mass is 16.4. The molecule has 122 valence electrons. The summed E-state index contributed by atoms with van der Waals surface area (Å²) >= 11 is 0. The number of unbranched alkanes of at least 4 members (excludes halogenated alkanes) is 6. The third-order valence-corrected chi connectivity index (χ3v) is 4.51. The van der Waals surface area contributed by atoms with Gasteiger partial charge >= 0.3 is 5.97 Å². The highest BCUT2D eigenvalue weighted by Crippen LogP contribution is 2.23. The van der Waals surface area contributed by atoms with Gasteiger partial charge in [0.1, 0.15) is 0 Å². The molecule has 0 fully saturated rings. The first kappa shape index (κ1) is 17.0. The molecular weight excluding hydrogens is 274 g/mol. The Morgan fingerprint density at radius 3 is 2.36 bits per heavy atom. The van der Waals surface area contributed by atoms with Crippen molar-refractivity contribution in [2.45, 2.75) is 70.9 Å². The van der Waals surface area contributed by atoms with Gasteiger partial charge in [-0.15, -0.1) is 0 Å². The maximum absolute atomic E-state index is 10.4. The molecule has 1 heterocycles. The van der Waals surface area contributed by atoms with E-state index >= 15 is 0 Å². The van der Waals surface area contributed by atoms with Crippen LogP contribution in [0.15, 0.2) is 18.2 Å². The average Bonchev–Trinajstić information content (AvgIpc) is 2.84. The van der Waals surface area contributed by atoms with Crippen molar-refractivity contribution < 1.29 is 9.90 Å². The molecule has 0 aromatic heterocycles. The smallest absolute Gasteiger partial charge is 0.303 e. The first-order valence-corrected chi connectivity index (χ1v) is 8.66. The minimum atomic E-state index is -0.666. The molecule has 1 aliphatic heterocycles. The van der Waals surface area contributed by atoms with Crippen molar-refractivity contribution in [1.29, 1.82) is 0 Å². The second-order valence-corrected chi connectivity index (χ2v) is 6.64. The number of rotatable bonds is 10. The van der Waals surface area contributed by atoms with Crippen LogP contribution in [0.3, 0.4) is 0 Å². The Bertz CT molecular complexity index is 484. The molecule has 3 nitrogen and oxygen atoms in total. The summed E-state index contributed by atoms with van der Waals surface area (Å²) in [6.07, 6.45) is 9.67. The van der Waals surface area contributed by atoms with E-state index < -0.39 is 5.97 Å². The number of aliphatic carboxylic acids is 1. The third-order valence-electron chi connectivity index (χ3n) is 4.51. The molecule has 1 N–H and O–H groups in total. The van der Waals surface area contributed by atoms with Crippen molar-refractivity contribution in [3.8, 4) is 0 Å². The molecule has 0 spiro atoms. The SMILES string of the molecule is CN1Cc2ccc(CCCCCCCCCC(=O)O)cc2C1. The van der Waals surface area contributed by atoms with Crippen molar-refractivity contribution >= 4 is 5.97 Å². The third kappa shape index (κ3) is 5.80. The van der Waals surface area contributed by atoms with Gasteiger partial charge in [-0.3, -0.25) is 9.69 Å². The Balaban J connectivity index is 1.52. The number of aryl methyl sites for hydroxylation is 1. The van der Waals surface area contributed by atoms with Crippen LogP contribution < -0.4 is 0 Å². The first-order chi connectivity index (χ1) is 10.6. The van der Waals surface area contributed by atoms with E-state index in [0.717, 1.165) is 25.9 Å². The molecule has 0 aliphatic carbocycles. The Morgan fingerprint density at radius 2 is 1.64 bits per heavy atom. The van der Waals surface area contributed by atoms with Crippen LogP contribution in [0.5, 0.6) is 0 Å². The highest BCUT2D eigenvalue weighted by Gasteiger charge is 2.14. The second-order valence-electron chi connectivity index (χ2n) is 6.64. The molecule has 0 unspecified atom stereocenters. The van der Waals surface area contributed by atoms with E-state index in [4.69, 9.17) is 5.11 Å². The second kappa shape index (κ2) is 8.94. The largest absolute Gasteiger partial charge is 0.481 e. The first-order valence-electron chi connectivity index (χ1n) is 8.66. The van der Waals surface area contributed by atoms with Gasteiger partial charge in [0.2, 0.25) is 0 Å². The van der Waals surface area contributed by atoms with Crippen molar-refractivity contribution in [3.05, 3.63) is 34.9 Å². The molecule has 1 aromatic rings. The molecule has 1 aromatic carbocycles. The van der Waals surface area contributed by atoms with Crippen LogP contribution in [-0.4, -0.2) is 23.0 Å². The van der Waals surface area contributed by atoms with E-state index in [0.29, 0.717) is 6.42 Å².